The van der Waals surface area contributed by atoms with E-state index in [1.807, 2.05) is 11.2 Å². The summed E-state index contributed by atoms with van der Waals surface area (Å²) in [7, 11) is 0. The van der Waals surface area contributed by atoms with Gasteiger partial charge in [-0.25, -0.2) is 4.98 Å². The number of nitrogens with one attached hydrogen (secondary N) is 2. The van der Waals surface area contributed by atoms with Gasteiger partial charge < -0.3 is 10.2 Å². The van der Waals surface area contributed by atoms with Crippen molar-refractivity contribution in [2.75, 3.05) is 38.2 Å². The summed E-state index contributed by atoms with van der Waals surface area (Å²) in [5.74, 6) is 1.55. The molecule has 1 aromatic heterocycles. The number of aromatic amines is 1. The van der Waals surface area contributed by atoms with Gasteiger partial charge in [0.15, 0.2) is 0 Å². The molecule has 1 aliphatic rings. The molecule has 0 unspecified atom stereocenters. The number of nitrogens with zero attached hydrogens (tertiary/aromatic N) is 4. The third-order valence-corrected chi connectivity index (χ3v) is 4.45. The number of carbonyl (C=O) groups is 2. The molecule has 9 heteroatoms. The monoisotopic (exact) mass is 340 g/mol. The molecule has 0 bridgehead atoms. The molecule has 0 aliphatic carbocycles. The molecular formula is C14H24N6O2S. The van der Waals surface area contributed by atoms with Crippen molar-refractivity contribution in [1.82, 2.24) is 30.3 Å². The molecule has 0 aromatic carbocycles. The molecule has 2 rings (SSSR count). The molecule has 0 spiro atoms. The molecule has 1 atom stereocenters. The van der Waals surface area contributed by atoms with Crippen LogP contribution in [0.1, 0.15) is 19.2 Å². The Labute approximate surface area is 140 Å². The normalized spacial score (nSPS) is 17.0. The standard InChI is InChI=1S/C14H24N6O2S/c1-11(21)17-12(3-8-23-2)14(22)20-6-4-19(5-7-20)9-13-15-10-16-18-13/h10,12H,3-9H2,1-2H3,(H,17,21)(H,15,16,18)/t12-/m0/s1. The highest BCUT2D eigenvalue weighted by Crippen LogP contribution is 2.09. The van der Waals surface area contributed by atoms with Crippen LogP contribution in [0.5, 0.6) is 0 Å². The van der Waals surface area contributed by atoms with E-state index in [1.165, 1.54) is 13.3 Å². The zero-order valence-corrected chi connectivity index (χ0v) is 14.4. The third kappa shape index (κ3) is 5.51. The van der Waals surface area contributed by atoms with E-state index in [1.54, 1.807) is 11.8 Å². The second kappa shape index (κ2) is 8.88. The largest absolute Gasteiger partial charge is 0.345 e. The first-order valence-corrected chi connectivity index (χ1v) is 9.11. The van der Waals surface area contributed by atoms with E-state index in [2.05, 4.69) is 25.4 Å². The number of H-pyrrole nitrogens is 1. The first-order valence-electron chi connectivity index (χ1n) is 7.71. The number of carbonyl (C=O) groups excluding carboxylic acids is 2. The lowest BCUT2D eigenvalue weighted by molar-refractivity contribution is -0.137. The minimum atomic E-state index is -0.416. The molecular weight excluding hydrogens is 316 g/mol. The fourth-order valence-corrected chi connectivity index (χ4v) is 3.08. The first-order chi connectivity index (χ1) is 11.1. The predicted molar refractivity (Wildman–Crippen MR) is 88.8 cm³/mol. The van der Waals surface area contributed by atoms with E-state index in [4.69, 9.17) is 0 Å². The van der Waals surface area contributed by atoms with Crippen LogP contribution in [0.15, 0.2) is 6.33 Å². The van der Waals surface area contributed by atoms with Gasteiger partial charge in [0.2, 0.25) is 11.8 Å². The summed E-state index contributed by atoms with van der Waals surface area (Å²) < 4.78 is 0. The Morgan fingerprint density at radius 2 is 2.13 bits per heavy atom. The number of piperazine rings is 1. The van der Waals surface area contributed by atoms with Gasteiger partial charge in [0, 0.05) is 33.1 Å². The summed E-state index contributed by atoms with van der Waals surface area (Å²) in [4.78, 5) is 32.1. The molecule has 2 N–H and O–H groups in total. The Morgan fingerprint density at radius 3 is 2.70 bits per heavy atom. The Balaban J connectivity index is 1.83. The zero-order chi connectivity index (χ0) is 16.7. The molecule has 0 saturated carbocycles. The lowest BCUT2D eigenvalue weighted by Crippen LogP contribution is -2.54. The van der Waals surface area contributed by atoms with Gasteiger partial charge in [0.25, 0.3) is 0 Å². The van der Waals surface area contributed by atoms with Crippen LogP contribution in [0.2, 0.25) is 0 Å². The topological polar surface area (TPSA) is 94.2 Å². The zero-order valence-electron chi connectivity index (χ0n) is 13.6. The van der Waals surface area contributed by atoms with Crippen LogP contribution >= 0.6 is 11.8 Å². The molecule has 23 heavy (non-hydrogen) atoms. The highest BCUT2D eigenvalue weighted by atomic mass is 32.2. The minimum Gasteiger partial charge on any atom is -0.345 e. The third-order valence-electron chi connectivity index (χ3n) is 3.81. The van der Waals surface area contributed by atoms with Crippen LogP contribution in [0.3, 0.4) is 0 Å². The Kier molecular flexibility index (Phi) is 6.85. The minimum absolute atomic E-state index is 0.0218. The van der Waals surface area contributed by atoms with E-state index in [0.29, 0.717) is 26.1 Å². The van der Waals surface area contributed by atoms with Gasteiger partial charge in [-0.2, -0.15) is 16.9 Å². The van der Waals surface area contributed by atoms with E-state index in [9.17, 15) is 9.59 Å². The molecule has 1 aliphatic heterocycles. The van der Waals surface area contributed by atoms with Gasteiger partial charge in [0.1, 0.15) is 18.2 Å². The van der Waals surface area contributed by atoms with Crippen LogP contribution in [0.4, 0.5) is 0 Å². The lowest BCUT2D eigenvalue weighted by atomic mass is 10.1. The maximum absolute atomic E-state index is 12.6. The Bertz CT molecular complexity index is 501. The molecule has 8 nitrogen and oxygen atoms in total. The van der Waals surface area contributed by atoms with Crippen molar-refractivity contribution in [2.45, 2.75) is 25.9 Å². The molecule has 2 heterocycles. The number of aromatic nitrogens is 3. The van der Waals surface area contributed by atoms with E-state index >= 15 is 0 Å². The van der Waals surface area contributed by atoms with Crippen LogP contribution in [0, 0.1) is 0 Å². The van der Waals surface area contributed by atoms with E-state index in [-0.39, 0.29) is 11.8 Å². The van der Waals surface area contributed by atoms with Crippen LogP contribution in [0.25, 0.3) is 0 Å². The maximum atomic E-state index is 12.6. The number of thioether (sulfide) groups is 1. The highest BCUT2D eigenvalue weighted by Gasteiger charge is 2.27. The summed E-state index contributed by atoms with van der Waals surface area (Å²) in [6.07, 6.45) is 4.16. The van der Waals surface area contributed by atoms with Crippen molar-refractivity contribution in [3.05, 3.63) is 12.2 Å². The summed E-state index contributed by atoms with van der Waals surface area (Å²) in [5, 5.41) is 9.47. The average Bonchev–Trinajstić information content (AvgIpc) is 3.04. The van der Waals surface area contributed by atoms with E-state index < -0.39 is 6.04 Å². The fourth-order valence-electron chi connectivity index (χ4n) is 2.60. The number of amides is 2. The van der Waals surface area contributed by atoms with Crippen molar-refractivity contribution in [3.8, 4) is 0 Å². The fraction of sp³-hybridized carbons (Fsp3) is 0.714. The summed E-state index contributed by atoms with van der Waals surface area (Å²) >= 11 is 1.68. The smallest absolute Gasteiger partial charge is 0.245 e. The van der Waals surface area contributed by atoms with Crippen molar-refractivity contribution in [2.24, 2.45) is 0 Å². The van der Waals surface area contributed by atoms with Crippen molar-refractivity contribution in [3.63, 3.8) is 0 Å². The summed E-state index contributed by atoms with van der Waals surface area (Å²) in [6.45, 7) is 5.09. The van der Waals surface area contributed by atoms with Gasteiger partial charge >= 0.3 is 0 Å². The van der Waals surface area contributed by atoms with Crippen molar-refractivity contribution in [1.29, 1.82) is 0 Å². The maximum Gasteiger partial charge on any atom is 0.245 e. The average molecular weight is 340 g/mol. The molecule has 1 saturated heterocycles. The summed E-state index contributed by atoms with van der Waals surface area (Å²) in [5.41, 5.74) is 0. The van der Waals surface area contributed by atoms with Crippen molar-refractivity contribution >= 4 is 23.6 Å². The van der Waals surface area contributed by atoms with E-state index in [0.717, 1.165) is 24.7 Å². The number of hydrogen-bond acceptors (Lipinski definition) is 6. The number of rotatable bonds is 7. The van der Waals surface area contributed by atoms with Gasteiger partial charge in [-0.1, -0.05) is 0 Å². The van der Waals surface area contributed by atoms with Crippen LogP contribution < -0.4 is 5.32 Å². The second-order valence-corrected chi connectivity index (χ2v) is 6.55. The quantitative estimate of drug-likeness (QED) is 0.708. The molecule has 128 valence electrons. The molecule has 1 aromatic rings. The van der Waals surface area contributed by atoms with Gasteiger partial charge in [-0.05, 0) is 18.4 Å². The highest BCUT2D eigenvalue weighted by molar-refractivity contribution is 7.98. The SMILES string of the molecule is CSCC[C@H](NC(C)=O)C(=O)N1CCN(Cc2ncn[nH]2)CC1. The lowest BCUT2D eigenvalue weighted by Gasteiger charge is -2.36. The molecule has 0 radical (unpaired) electrons. The van der Waals surface area contributed by atoms with Crippen LogP contribution in [-0.2, 0) is 16.1 Å². The number of hydrogen-bond donors (Lipinski definition) is 2. The van der Waals surface area contributed by atoms with Crippen LogP contribution in [-0.4, -0.2) is 81.0 Å². The van der Waals surface area contributed by atoms with Gasteiger partial charge in [0.05, 0.1) is 6.54 Å². The molecule has 1 fully saturated rings. The second-order valence-electron chi connectivity index (χ2n) is 5.57. The van der Waals surface area contributed by atoms with Gasteiger partial charge in [-0.15, -0.1) is 0 Å². The Morgan fingerprint density at radius 1 is 1.39 bits per heavy atom. The predicted octanol–water partition coefficient (Wildman–Crippen LogP) is -0.293. The van der Waals surface area contributed by atoms with Crippen molar-refractivity contribution < 1.29 is 9.59 Å². The molecule has 2 amide bonds. The first kappa shape index (κ1) is 17.7. The Hall–Kier alpha value is -1.61. The summed E-state index contributed by atoms with van der Waals surface area (Å²) in [6, 6.07) is -0.416. The van der Waals surface area contributed by atoms with Gasteiger partial charge in [-0.3, -0.25) is 19.6 Å².